The molecule has 4 nitrogen and oxygen atoms in total. The van der Waals surface area contributed by atoms with Gasteiger partial charge in [-0.15, -0.1) is 0 Å². The van der Waals surface area contributed by atoms with Gasteiger partial charge in [0.2, 0.25) is 0 Å². The Hall–Kier alpha value is -3.27. The lowest BCUT2D eigenvalue weighted by molar-refractivity contribution is -0.384. The van der Waals surface area contributed by atoms with E-state index in [4.69, 9.17) is 0 Å². The smallest absolute Gasteiger partial charge is 0.258 e. The zero-order valence-corrected chi connectivity index (χ0v) is 12.3. The monoisotopic (exact) mass is 302 g/mol. The second-order valence-electron chi connectivity index (χ2n) is 5.02. The lowest BCUT2D eigenvalue weighted by Gasteiger charge is -2.02. The number of hydrogen-bond donors (Lipinski definition) is 0. The third-order valence-electron chi connectivity index (χ3n) is 3.44. The van der Waals surface area contributed by atoms with Crippen LogP contribution in [0.1, 0.15) is 5.56 Å². The summed E-state index contributed by atoms with van der Waals surface area (Å²) < 4.78 is 0. The van der Waals surface area contributed by atoms with Crippen LogP contribution in [-0.2, 0) is 0 Å². The molecule has 0 unspecified atom stereocenters. The SMILES string of the molecule is O=[N+]([O-])c1ccc(-c2ccc(N=Cc3ccccc3)cc2)cc1. The largest absolute Gasteiger partial charge is 0.269 e. The Morgan fingerprint density at radius 2 is 1.35 bits per heavy atom. The van der Waals surface area contributed by atoms with Gasteiger partial charge in [0.1, 0.15) is 0 Å². The van der Waals surface area contributed by atoms with Gasteiger partial charge in [0.25, 0.3) is 5.69 Å². The average molecular weight is 302 g/mol. The van der Waals surface area contributed by atoms with E-state index < -0.39 is 4.92 Å². The summed E-state index contributed by atoms with van der Waals surface area (Å²) in [5.74, 6) is 0. The molecule has 0 amide bonds. The van der Waals surface area contributed by atoms with Gasteiger partial charge in [-0.3, -0.25) is 15.1 Å². The first-order valence-corrected chi connectivity index (χ1v) is 7.16. The number of nitro groups is 1. The normalized spacial score (nSPS) is 10.8. The predicted molar refractivity (Wildman–Crippen MR) is 92.2 cm³/mol. The lowest BCUT2D eigenvalue weighted by atomic mass is 10.1. The molecule has 0 aliphatic carbocycles. The third kappa shape index (κ3) is 3.68. The van der Waals surface area contributed by atoms with Gasteiger partial charge in [-0.25, -0.2) is 0 Å². The van der Waals surface area contributed by atoms with E-state index in [0.29, 0.717) is 0 Å². The molecule has 3 rings (SSSR count). The Labute approximate surface area is 133 Å². The maximum Gasteiger partial charge on any atom is 0.269 e. The quantitative estimate of drug-likeness (QED) is 0.386. The number of nitrogens with zero attached hydrogens (tertiary/aromatic N) is 2. The average Bonchev–Trinajstić information content (AvgIpc) is 2.61. The zero-order valence-electron chi connectivity index (χ0n) is 12.3. The molecule has 4 heteroatoms. The fraction of sp³-hybridized carbons (Fsp3) is 0. The molecule has 0 saturated heterocycles. The van der Waals surface area contributed by atoms with E-state index in [9.17, 15) is 10.1 Å². The number of nitro benzene ring substituents is 1. The molecule has 112 valence electrons. The Morgan fingerprint density at radius 3 is 1.91 bits per heavy atom. The van der Waals surface area contributed by atoms with Crippen LogP contribution in [-0.4, -0.2) is 11.1 Å². The molecule has 0 saturated carbocycles. The van der Waals surface area contributed by atoms with Crippen molar-refractivity contribution in [1.29, 1.82) is 0 Å². The zero-order chi connectivity index (χ0) is 16.1. The summed E-state index contributed by atoms with van der Waals surface area (Å²) in [5.41, 5.74) is 3.94. The maximum absolute atomic E-state index is 10.7. The highest BCUT2D eigenvalue weighted by Gasteiger charge is 2.04. The maximum atomic E-state index is 10.7. The van der Waals surface area contributed by atoms with Gasteiger partial charge in [0.05, 0.1) is 10.6 Å². The van der Waals surface area contributed by atoms with E-state index in [1.165, 1.54) is 12.1 Å². The molecule has 0 bridgehead atoms. The highest BCUT2D eigenvalue weighted by molar-refractivity contribution is 5.82. The van der Waals surface area contributed by atoms with Gasteiger partial charge in [-0.05, 0) is 41.0 Å². The van der Waals surface area contributed by atoms with E-state index >= 15 is 0 Å². The van der Waals surface area contributed by atoms with E-state index in [-0.39, 0.29) is 5.69 Å². The minimum Gasteiger partial charge on any atom is -0.258 e. The summed E-state index contributed by atoms with van der Waals surface area (Å²) >= 11 is 0. The van der Waals surface area contributed by atoms with Crippen molar-refractivity contribution in [3.63, 3.8) is 0 Å². The standard InChI is InChI=1S/C19H14N2O2/c22-21(23)19-12-8-17(9-13-19)16-6-10-18(11-7-16)20-14-15-4-2-1-3-5-15/h1-14H. The minimum absolute atomic E-state index is 0.0952. The number of aliphatic imine (C=N–C) groups is 1. The van der Waals surface area contributed by atoms with Crippen molar-refractivity contribution >= 4 is 17.6 Å². The van der Waals surface area contributed by atoms with Gasteiger partial charge in [0.15, 0.2) is 0 Å². The predicted octanol–water partition coefficient (Wildman–Crippen LogP) is 5.01. The van der Waals surface area contributed by atoms with Crippen molar-refractivity contribution in [2.75, 3.05) is 0 Å². The first kappa shape index (κ1) is 14.7. The molecule has 3 aromatic carbocycles. The minimum atomic E-state index is -0.398. The molecule has 0 atom stereocenters. The second-order valence-corrected chi connectivity index (χ2v) is 5.02. The molecular weight excluding hydrogens is 288 g/mol. The first-order chi connectivity index (χ1) is 11.2. The molecule has 0 N–H and O–H groups in total. The summed E-state index contributed by atoms with van der Waals surface area (Å²) in [6.07, 6.45) is 1.82. The highest BCUT2D eigenvalue weighted by Crippen LogP contribution is 2.24. The van der Waals surface area contributed by atoms with Crippen LogP contribution < -0.4 is 0 Å². The van der Waals surface area contributed by atoms with Crippen molar-refractivity contribution < 1.29 is 4.92 Å². The topological polar surface area (TPSA) is 55.5 Å². The fourth-order valence-electron chi connectivity index (χ4n) is 2.20. The van der Waals surface area contributed by atoms with Gasteiger partial charge < -0.3 is 0 Å². The van der Waals surface area contributed by atoms with Crippen molar-refractivity contribution in [3.05, 3.63) is 94.5 Å². The van der Waals surface area contributed by atoms with E-state index in [2.05, 4.69) is 4.99 Å². The van der Waals surface area contributed by atoms with Crippen molar-refractivity contribution in [1.82, 2.24) is 0 Å². The van der Waals surface area contributed by atoms with Crippen LogP contribution in [0.3, 0.4) is 0 Å². The van der Waals surface area contributed by atoms with Crippen molar-refractivity contribution in [2.24, 2.45) is 4.99 Å². The molecule has 0 aliphatic rings. The van der Waals surface area contributed by atoms with E-state index in [1.54, 1.807) is 12.1 Å². The van der Waals surface area contributed by atoms with Crippen LogP contribution in [0.4, 0.5) is 11.4 Å². The lowest BCUT2D eigenvalue weighted by Crippen LogP contribution is -1.87. The number of non-ortho nitro benzene ring substituents is 1. The van der Waals surface area contributed by atoms with Crippen LogP contribution >= 0.6 is 0 Å². The first-order valence-electron chi connectivity index (χ1n) is 7.16. The van der Waals surface area contributed by atoms with Gasteiger partial charge in [0, 0.05) is 18.3 Å². The molecule has 0 aromatic heterocycles. The van der Waals surface area contributed by atoms with Crippen LogP contribution in [0.5, 0.6) is 0 Å². The number of rotatable bonds is 4. The van der Waals surface area contributed by atoms with Crippen molar-refractivity contribution in [2.45, 2.75) is 0 Å². The summed E-state index contributed by atoms with van der Waals surface area (Å²) in [7, 11) is 0. The van der Waals surface area contributed by atoms with E-state index in [1.807, 2.05) is 60.8 Å². The molecule has 0 heterocycles. The van der Waals surface area contributed by atoms with Crippen LogP contribution in [0.25, 0.3) is 11.1 Å². The Kier molecular flexibility index (Phi) is 4.25. The van der Waals surface area contributed by atoms with Crippen LogP contribution in [0, 0.1) is 10.1 Å². The van der Waals surface area contributed by atoms with Gasteiger partial charge in [-0.2, -0.15) is 0 Å². The molecule has 3 aromatic rings. The van der Waals surface area contributed by atoms with Gasteiger partial charge in [-0.1, -0.05) is 42.5 Å². The fourth-order valence-corrected chi connectivity index (χ4v) is 2.20. The summed E-state index contributed by atoms with van der Waals surface area (Å²) in [6, 6.07) is 24.2. The van der Waals surface area contributed by atoms with Crippen LogP contribution in [0.15, 0.2) is 83.9 Å². The second kappa shape index (κ2) is 6.66. The summed E-state index contributed by atoms with van der Waals surface area (Å²) in [5, 5.41) is 10.7. The Balaban J connectivity index is 1.76. The van der Waals surface area contributed by atoms with Crippen molar-refractivity contribution in [3.8, 4) is 11.1 Å². The number of benzene rings is 3. The summed E-state index contributed by atoms with van der Waals surface area (Å²) in [4.78, 5) is 14.7. The number of hydrogen-bond acceptors (Lipinski definition) is 3. The van der Waals surface area contributed by atoms with Crippen LogP contribution in [0.2, 0.25) is 0 Å². The molecular formula is C19H14N2O2. The van der Waals surface area contributed by atoms with Gasteiger partial charge >= 0.3 is 0 Å². The third-order valence-corrected chi connectivity index (χ3v) is 3.44. The molecule has 0 spiro atoms. The summed E-state index contributed by atoms with van der Waals surface area (Å²) in [6.45, 7) is 0. The highest BCUT2D eigenvalue weighted by atomic mass is 16.6. The molecule has 23 heavy (non-hydrogen) atoms. The Bertz CT molecular complexity index is 824. The molecule has 0 aliphatic heterocycles. The van der Waals surface area contributed by atoms with E-state index in [0.717, 1.165) is 22.4 Å². The molecule has 0 fully saturated rings. The Morgan fingerprint density at radius 1 is 0.783 bits per heavy atom. The molecule has 0 radical (unpaired) electrons.